The molecular formula is C15H25N3O3. The largest absolute Gasteiger partial charge is 0.348 e. The smallest absolute Gasteiger partial charge is 0.240 e. The maximum atomic E-state index is 5.78. The summed E-state index contributed by atoms with van der Waals surface area (Å²) in [4.78, 5) is 6.75. The van der Waals surface area contributed by atoms with Gasteiger partial charge < -0.3 is 14.0 Å². The molecule has 0 atom stereocenters. The van der Waals surface area contributed by atoms with Gasteiger partial charge in [-0.2, -0.15) is 4.98 Å². The Labute approximate surface area is 125 Å². The lowest BCUT2D eigenvalue weighted by molar-refractivity contribution is -0.183. The zero-order chi connectivity index (χ0) is 14.9. The Balaban J connectivity index is 1.52. The Bertz CT molecular complexity index is 458. The maximum Gasteiger partial charge on any atom is 0.240 e. The van der Waals surface area contributed by atoms with Crippen molar-refractivity contribution in [2.24, 2.45) is 0 Å². The maximum absolute atomic E-state index is 5.78. The van der Waals surface area contributed by atoms with Gasteiger partial charge in [-0.3, -0.25) is 4.90 Å². The van der Waals surface area contributed by atoms with Crippen LogP contribution in [0.4, 0.5) is 0 Å². The zero-order valence-electron chi connectivity index (χ0n) is 13.2. The van der Waals surface area contributed by atoms with Gasteiger partial charge in [-0.1, -0.05) is 19.0 Å². The van der Waals surface area contributed by atoms with E-state index in [2.05, 4.69) is 35.9 Å². The molecule has 0 aromatic carbocycles. The fourth-order valence-electron chi connectivity index (χ4n) is 3.18. The number of hydrogen-bond acceptors (Lipinski definition) is 6. The molecule has 1 aromatic rings. The first-order valence-electron chi connectivity index (χ1n) is 7.89. The topological polar surface area (TPSA) is 60.6 Å². The van der Waals surface area contributed by atoms with E-state index >= 15 is 0 Å². The molecule has 0 radical (unpaired) electrons. The molecule has 3 rings (SSSR count). The average molecular weight is 295 g/mol. The summed E-state index contributed by atoms with van der Waals surface area (Å²) in [7, 11) is 2.12. The van der Waals surface area contributed by atoms with E-state index < -0.39 is 0 Å². The summed E-state index contributed by atoms with van der Waals surface area (Å²) in [5.41, 5.74) is 0. The fourth-order valence-corrected chi connectivity index (χ4v) is 3.18. The second-order valence-corrected chi connectivity index (χ2v) is 6.45. The predicted octanol–water partition coefficient (Wildman–Crippen LogP) is 2.31. The lowest BCUT2D eigenvalue weighted by atomic mass is 9.89. The summed E-state index contributed by atoms with van der Waals surface area (Å²) in [5.74, 6) is 1.51. The number of rotatable bonds is 4. The van der Waals surface area contributed by atoms with Crippen molar-refractivity contribution >= 4 is 0 Å². The average Bonchev–Trinajstić information content (AvgIpc) is 3.10. The van der Waals surface area contributed by atoms with Crippen molar-refractivity contribution < 1.29 is 14.0 Å². The van der Waals surface area contributed by atoms with Crippen molar-refractivity contribution in [2.75, 3.05) is 20.3 Å². The standard InChI is InChI=1S/C15H25N3O3/c1-11(2)14-16-13(21-17-14)10-18(3)12-4-6-15(7-5-12)19-8-9-20-15/h11-12H,4-10H2,1-3H3. The molecule has 0 unspecified atom stereocenters. The monoisotopic (exact) mass is 295 g/mol. The second-order valence-electron chi connectivity index (χ2n) is 6.45. The molecule has 2 heterocycles. The van der Waals surface area contributed by atoms with E-state index in [1.807, 2.05) is 0 Å². The van der Waals surface area contributed by atoms with Gasteiger partial charge in [0.2, 0.25) is 5.89 Å². The molecule has 6 nitrogen and oxygen atoms in total. The molecule has 118 valence electrons. The van der Waals surface area contributed by atoms with Crippen LogP contribution in [0.1, 0.15) is 57.2 Å². The number of aromatic nitrogens is 2. The molecule has 1 saturated heterocycles. The molecule has 0 amide bonds. The predicted molar refractivity (Wildman–Crippen MR) is 76.7 cm³/mol. The Hall–Kier alpha value is -0.980. The molecular weight excluding hydrogens is 270 g/mol. The van der Waals surface area contributed by atoms with Crippen LogP contribution in [0.3, 0.4) is 0 Å². The molecule has 1 aliphatic heterocycles. The van der Waals surface area contributed by atoms with Crippen LogP contribution < -0.4 is 0 Å². The summed E-state index contributed by atoms with van der Waals surface area (Å²) < 4.78 is 16.9. The lowest BCUT2D eigenvalue weighted by Gasteiger charge is -2.38. The Morgan fingerprint density at radius 3 is 2.48 bits per heavy atom. The van der Waals surface area contributed by atoms with E-state index in [1.165, 1.54) is 0 Å². The second kappa shape index (κ2) is 6.02. The molecule has 2 aliphatic rings. The minimum atomic E-state index is -0.285. The van der Waals surface area contributed by atoms with Crippen molar-refractivity contribution in [3.63, 3.8) is 0 Å². The van der Waals surface area contributed by atoms with Gasteiger partial charge in [0.25, 0.3) is 0 Å². The highest BCUT2D eigenvalue weighted by Crippen LogP contribution is 2.37. The van der Waals surface area contributed by atoms with E-state index in [4.69, 9.17) is 14.0 Å². The van der Waals surface area contributed by atoms with E-state index in [0.717, 1.165) is 44.7 Å². The van der Waals surface area contributed by atoms with Gasteiger partial charge in [-0.05, 0) is 19.9 Å². The minimum Gasteiger partial charge on any atom is -0.348 e. The molecule has 1 aliphatic carbocycles. The highest BCUT2D eigenvalue weighted by Gasteiger charge is 2.41. The molecule has 1 spiro atoms. The Morgan fingerprint density at radius 2 is 1.90 bits per heavy atom. The van der Waals surface area contributed by atoms with E-state index in [-0.39, 0.29) is 5.79 Å². The lowest BCUT2D eigenvalue weighted by Crippen LogP contribution is -2.42. The number of nitrogens with zero attached hydrogens (tertiary/aromatic N) is 3. The van der Waals surface area contributed by atoms with Crippen molar-refractivity contribution in [1.82, 2.24) is 15.0 Å². The van der Waals surface area contributed by atoms with E-state index in [9.17, 15) is 0 Å². The van der Waals surface area contributed by atoms with Crippen molar-refractivity contribution in [2.45, 2.75) is 63.8 Å². The minimum absolute atomic E-state index is 0.285. The van der Waals surface area contributed by atoms with Gasteiger partial charge in [-0.25, -0.2) is 0 Å². The normalized spacial score (nSPS) is 22.7. The summed E-state index contributed by atoms with van der Waals surface area (Å²) in [6.07, 6.45) is 4.12. The molecule has 1 aromatic heterocycles. The first-order valence-corrected chi connectivity index (χ1v) is 7.89. The van der Waals surface area contributed by atoms with Crippen LogP contribution in [0.25, 0.3) is 0 Å². The van der Waals surface area contributed by atoms with Gasteiger partial charge in [0.15, 0.2) is 11.6 Å². The van der Waals surface area contributed by atoms with Crippen LogP contribution in [0.5, 0.6) is 0 Å². The Morgan fingerprint density at radius 1 is 1.24 bits per heavy atom. The van der Waals surface area contributed by atoms with Crippen LogP contribution in [0.2, 0.25) is 0 Å². The van der Waals surface area contributed by atoms with Crippen molar-refractivity contribution in [1.29, 1.82) is 0 Å². The quantitative estimate of drug-likeness (QED) is 0.849. The van der Waals surface area contributed by atoms with Crippen LogP contribution in [-0.4, -0.2) is 47.1 Å². The third-order valence-corrected chi connectivity index (χ3v) is 4.54. The first kappa shape index (κ1) is 14.9. The highest BCUT2D eigenvalue weighted by molar-refractivity contribution is 4.93. The summed E-state index contributed by atoms with van der Waals surface area (Å²) >= 11 is 0. The molecule has 1 saturated carbocycles. The molecule has 21 heavy (non-hydrogen) atoms. The van der Waals surface area contributed by atoms with Crippen molar-refractivity contribution in [3.8, 4) is 0 Å². The number of ether oxygens (including phenoxy) is 2. The number of hydrogen-bond donors (Lipinski definition) is 0. The van der Waals surface area contributed by atoms with Crippen molar-refractivity contribution in [3.05, 3.63) is 11.7 Å². The molecule has 6 heteroatoms. The van der Waals surface area contributed by atoms with Gasteiger partial charge >= 0.3 is 0 Å². The van der Waals surface area contributed by atoms with Gasteiger partial charge in [-0.15, -0.1) is 0 Å². The molecule has 0 N–H and O–H groups in total. The third-order valence-electron chi connectivity index (χ3n) is 4.54. The molecule has 0 bridgehead atoms. The van der Waals surface area contributed by atoms with Gasteiger partial charge in [0.05, 0.1) is 19.8 Å². The fraction of sp³-hybridized carbons (Fsp3) is 0.867. The highest BCUT2D eigenvalue weighted by atomic mass is 16.7. The van der Waals surface area contributed by atoms with Gasteiger partial charge in [0.1, 0.15) is 0 Å². The van der Waals surface area contributed by atoms with Crippen LogP contribution in [-0.2, 0) is 16.0 Å². The van der Waals surface area contributed by atoms with E-state index in [0.29, 0.717) is 24.4 Å². The van der Waals surface area contributed by atoms with Gasteiger partial charge in [0, 0.05) is 24.8 Å². The Kier molecular flexibility index (Phi) is 4.28. The summed E-state index contributed by atoms with van der Waals surface area (Å²) in [6, 6.07) is 0.526. The van der Waals surface area contributed by atoms with Crippen LogP contribution in [0, 0.1) is 0 Å². The summed E-state index contributed by atoms with van der Waals surface area (Å²) in [6.45, 7) is 6.32. The van der Waals surface area contributed by atoms with Crippen LogP contribution in [0.15, 0.2) is 4.52 Å². The van der Waals surface area contributed by atoms with E-state index in [1.54, 1.807) is 0 Å². The SMILES string of the molecule is CC(C)c1noc(CN(C)C2CCC3(CC2)OCCO3)n1. The summed E-state index contributed by atoms with van der Waals surface area (Å²) in [5, 5.41) is 4.02. The zero-order valence-corrected chi connectivity index (χ0v) is 13.2. The molecule has 2 fully saturated rings. The first-order chi connectivity index (χ1) is 10.1. The third kappa shape index (κ3) is 3.27. The van der Waals surface area contributed by atoms with Crippen LogP contribution >= 0.6 is 0 Å².